The van der Waals surface area contributed by atoms with Crippen LogP contribution >= 0.6 is 23.2 Å². The van der Waals surface area contributed by atoms with Gasteiger partial charge in [-0.3, -0.25) is 9.10 Å². The van der Waals surface area contributed by atoms with Crippen LogP contribution < -0.4 is 4.31 Å². The fourth-order valence-electron chi connectivity index (χ4n) is 3.94. The van der Waals surface area contributed by atoms with Gasteiger partial charge in [0.15, 0.2) is 4.90 Å². The van der Waals surface area contributed by atoms with Crippen LogP contribution in [0.4, 0.5) is 5.69 Å². The Hall–Kier alpha value is -2.76. The number of esters is 1. The van der Waals surface area contributed by atoms with Crippen molar-refractivity contribution in [1.82, 2.24) is 9.55 Å². The van der Waals surface area contributed by atoms with E-state index in [1.807, 2.05) is 11.5 Å². The molecule has 0 saturated carbocycles. The number of carbonyl (C=O) groups excluding carboxylic acids is 1. The molecule has 0 fully saturated rings. The number of hydrogen-bond acceptors (Lipinski definition) is 6. The molecule has 0 bridgehead atoms. The molecule has 8 nitrogen and oxygen atoms in total. The molecular weight excluding hydrogens is 581 g/mol. The molecule has 1 unspecified atom stereocenters. The molecule has 0 aliphatic heterocycles. The Labute approximate surface area is 240 Å². The zero-order valence-corrected chi connectivity index (χ0v) is 24.9. The number of aromatic nitrogens is 2. The number of rotatable bonds is 8. The first kappa shape index (κ1) is 29.2. The highest BCUT2D eigenvalue weighted by molar-refractivity contribution is 7.93. The Morgan fingerprint density at radius 2 is 1.77 bits per heavy atom. The number of halogens is 2. The molecule has 1 atom stereocenters. The maximum absolute atomic E-state index is 13.8. The van der Waals surface area contributed by atoms with Crippen LogP contribution in [0.1, 0.15) is 27.7 Å². The summed E-state index contributed by atoms with van der Waals surface area (Å²) in [5.41, 5.74) is 0.179. The molecule has 0 spiro atoms. The van der Waals surface area contributed by atoms with Gasteiger partial charge >= 0.3 is 5.97 Å². The molecule has 0 aliphatic carbocycles. The van der Waals surface area contributed by atoms with Crippen molar-refractivity contribution >= 4 is 67.0 Å². The van der Waals surface area contributed by atoms with E-state index >= 15 is 0 Å². The third-order valence-electron chi connectivity index (χ3n) is 5.57. The minimum Gasteiger partial charge on any atom is -0.611 e. The fraction of sp³-hybridized carbons (Fsp3) is 0.259. The van der Waals surface area contributed by atoms with Crippen molar-refractivity contribution in [1.29, 1.82) is 0 Å². The van der Waals surface area contributed by atoms with E-state index in [1.165, 1.54) is 18.2 Å². The van der Waals surface area contributed by atoms with Gasteiger partial charge in [-0.2, -0.15) is 0 Å². The lowest BCUT2D eigenvalue weighted by molar-refractivity contribution is -0.152. The molecule has 4 aromatic rings. The van der Waals surface area contributed by atoms with Crippen LogP contribution in [0.25, 0.3) is 16.7 Å². The van der Waals surface area contributed by atoms with Crippen LogP contribution in [0.15, 0.2) is 76.8 Å². The van der Waals surface area contributed by atoms with Crippen molar-refractivity contribution in [2.24, 2.45) is 0 Å². The lowest BCUT2D eigenvalue weighted by Crippen LogP contribution is -2.39. The Morgan fingerprint density at radius 3 is 2.41 bits per heavy atom. The second-order valence-corrected chi connectivity index (χ2v) is 14.1. The smallest absolute Gasteiger partial charge is 0.327 e. The number of benzene rings is 2. The monoisotopic (exact) mass is 607 g/mol. The summed E-state index contributed by atoms with van der Waals surface area (Å²) in [7, 11) is -4.27. The van der Waals surface area contributed by atoms with E-state index in [-0.39, 0.29) is 20.6 Å². The summed E-state index contributed by atoms with van der Waals surface area (Å²) in [4.78, 5) is 17.7. The maximum Gasteiger partial charge on any atom is 0.327 e. The molecular formula is C27H27Cl2N3O5S2. The van der Waals surface area contributed by atoms with Gasteiger partial charge in [0.25, 0.3) is 10.0 Å². The summed E-state index contributed by atoms with van der Waals surface area (Å²) in [6, 6.07) is 14.3. The number of carbonyl (C=O) groups is 1. The highest BCUT2D eigenvalue weighted by atomic mass is 35.5. The Bertz CT molecular complexity index is 1610. The van der Waals surface area contributed by atoms with Gasteiger partial charge < -0.3 is 13.9 Å². The third kappa shape index (κ3) is 6.70. The average molecular weight is 609 g/mol. The number of anilines is 1. The van der Waals surface area contributed by atoms with Gasteiger partial charge in [-0.1, -0.05) is 23.2 Å². The summed E-state index contributed by atoms with van der Waals surface area (Å²) >= 11 is 11.0. The molecule has 2 aromatic heterocycles. The van der Waals surface area contributed by atoms with Gasteiger partial charge in [0, 0.05) is 40.0 Å². The van der Waals surface area contributed by atoms with Crippen LogP contribution in [-0.4, -0.2) is 46.4 Å². The van der Waals surface area contributed by atoms with E-state index in [9.17, 15) is 17.8 Å². The van der Waals surface area contributed by atoms with Crippen LogP contribution in [-0.2, 0) is 30.7 Å². The number of hydrogen-bond donors (Lipinski definition) is 0. The minimum atomic E-state index is -4.27. The van der Waals surface area contributed by atoms with E-state index < -0.39 is 39.3 Å². The molecule has 0 saturated heterocycles. The number of fused-ring (bicyclic) bond motifs is 1. The second kappa shape index (κ2) is 11.4. The predicted molar refractivity (Wildman–Crippen MR) is 155 cm³/mol. The van der Waals surface area contributed by atoms with Gasteiger partial charge in [-0.15, -0.1) is 0 Å². The average Bonchev–Trinajstić information content (AvgIpc) is 3.28. The topological polar surface area (TPSA) is 105 Å². The summed E-state index contributed by atoms with van der Waals surface area (Å²) in [6.45, 7) is 6.39. The molecule has 12 heteroatoms. The second-order valence-electron chi connectivity index (χ2n) is 9.62. The van der Waals surface area contributed by atoms with Crippen molar-refractivity contribution in [3.8, 4) is 5.82 Å². The van der Waals surface area contributed by atoms with Gasteiger partial charge in [-0.05, 0) is 81.3 Å². The fourth-order valence-corrected chi connectivity index (χ4v) is 6.85. The van der Waals surface area contributed by atoms with E-state index in [1.54, 1.807) is 69.6 Å². The molecule has 0 radical (unpaired) electrons. The van der Waals surface area contributed by atoms with E-state index in [4.69, 9.17) is 27.9 Å². The normalized spacial score (nSPS) is 12.9. The van der Waals surface area contributed by atoms with Crippen molar-refractivity contribution < 1.29 is 22.5 Å². The number of ether oxygens (including phenoxy) is 1. The molecule has 0 N–H and O–H groups in total. The summed E-state index contributed by atoms with van der Waals surface area (Å²) in [5, 5.41) is 0.985. The first-order chi connectivity index (χ1) is 18.3. The van der Waals surface area contributed by atoms with E-state index in [0.29, 0.717) is 21.9 Å². The maximum atomic E-state index is 13.8. The minimum absolute atomic E-state index is 0.143. The zero-order valence-electron chi connectivity index (χ0n) is 21.7. The number of pyridine rings is 1. The third-order valence-corrected chi connectivity index (χ3v) is 9.06. The van der Waals surface area contributed by atoms with E-state index in [2.05, 4.69) is 4.98 Å². The largest absolute Gasteiger partial charge is 0.611 e. The summed E-state index contributed by atoms with van der Waals surface area (Å²) in [5.74, 6) is 0.338. The van der Waals surface area contributed by atoms with Gasteiger partial charge in [-0.25, -0.2) is 13.4 Å². The molecule has 2 aromatic carbocycles. The summed E-state index contributed by atoms with van der Waals surface area (Å²) < 4.78 is 48.1. The number of sulfonamides is 1. The zero-order chi connectivity index (χ0) is 28.5. The Kier molecular flexibility index (Phi) is 8.53. The SMILES string of the molecule is CC[S+]([O-])c1ccnc(-n2ccc3cc(N(CC(=O)OC(C)(C)C)S(=O)(=O)c4cc(Cl)cc(Cl)c4)ccc32)c1. The number of nitrogens with zero attached hydrogens (tertiary/aromatic N) is 3. The van der Waals surface area contributed by atoms with Crippen molar-refractivity contribution in [2.45, 2.75) is 43.1 Å². The van der Waals surface area contributed by atoms with Crippen LogP contribution in [0.3, 0.4) is 0 Å². The lowest BCUT2D eigenvalue weighted by atomic mass is 10.2. The molecule has 206 valence electrons. The van der Waals surface area contributed by atoms with Gasteiger partial charge in [0.05, 0.1) is 16.1 Å². The standard InChI is InChI=1S/C27H27Cl2N3O5S2/c1-5-38(34)22-8-10-30-25(16-22)31-11-9-18-12-21(6-7-24(18)31)32(17-26(33)37-27(2,3)4)39(35,36)23-14-19(28)13-20(29)15-23/h6-16H,5,17H2,1-4H3. The predicted octanol–water partition coefficient (Wildman–Crippen LogP) is 6.00. The van der Waals surface area contributed by atoms with Gasteiger partial charge in [0.2, 0.25) is 0 Å². The highest BCUT2D eigenvalue weighted by Gasteiger charge is 2.30. The van der Waals surface area contributed by atoms with Crippen LogP contribution in [0.2, 0.25) is 10.0 Å². The molecule has 39 heavy (non-hydrogen) atoms. The van der Waals surface area contributed by atoms with Crippen molar-refractivity contribution in [3.63, 3.8) is 0 Å². The van der Waals surface area contributed by atoms with Crippen LogP contribution in [0.5, 0.6) is 0 Å². The molecule has 0 amide bonds. The van der Waals surface area contributed by atoms with E-state index in [0.717, 1.165) is 9.82 Å². The first-order valence-corrected chi connectivity index (χ1v) is 15.5. The molecule has 0 aliphatic rings. The Balaban J connectivity index is 1.79. The lowest BCUT2D eigenvalue weighted by Gasteiger charge is -2.26. The highest BCUT2D eigenvalue weighted by Crippen LogP contribution is 2.31. The first-order valence-electron chi connectivity index (χ1n) is 11.9. The molecule has 4 rings (SSSR count). The Morgan fingerprint density at radius 1 is 1.08 bits per heavy atom. The quantitative estimate of drug-likeness (QED) is 0.180. The summed E-state index contributed by atoms with van der Waals surface area (Å²) in [6.07, 6.45) is 3.39. The van der Waals surface area contributed by atoms with Crippen molar-refractivity contribution in [3.05, 3.63) is 77.0 Å². The molecule has 2 heterocycles. The van der Waals surface area contributed by atoms with Crippen LogP contribution in [0, 0.1) is 0 Å². The van der Waals surface area contributed by atoms with Gasteiger partial charge in [0.1, 0.15) is 23.7 Å². The van der Waals surface area contributed by atoms with Crippen molar-refractivity contribution in [2.75, 3.05) is 16.6 Å².